The highest BCUT2D eigenvalue weighted by Crippen LogP contribution is 2.31. The summed E-state index contributed by atoms with van der Waals surface area (Å²) in [5.41, 5.74) is 5.89. The summed E-state index contributed by atoms with van der Waals surface area (Å²) < 4.78 is 0. The lowest BCUT2D eigenvalue weighted by Crippen LogP contribution is -2.44. The van der Waals surface area contributed by atoms with Crippen molar-refractivity contribution >= 4 is 16.6 Å². The zero-order chi connectivity index (χ0) is 13.2. The van der Waals surface area contributed by atoms with Crippen molar-refractivity contribution in [3.63, 3.8) is 0 Å². The number of rotatable bonds is 2. The van der Waals surface area contributed by atoms with Gasteiger partial charge in [-0.2, -0.15) is 0 Å². The van der Waals surface area contributed by atoms with Gasteiger partial charge in [0.15, 0.2) is 0 Å². The zero-order valence-corrected chi connectivity index (χ0v) is 10.9. The number of phenolic OH excluding ortho intramolecular Hbond substituents is 1. The van der Waals surface area contributed by atoms with E-state index >= 15 is 0 Å². The van der Waals surface area contributed by atoms with Gasteiger partial charge in [-0.3, -0.25) is 0 Å². The van der Waals surface area contributed by atoms with E-state index in [0.717, 1.165) is 29.6 Å². The molecule has 0 amide bonds. The molecule has 1 aromatic heterocycles. The van der Waals surface area contributed by atoms with Crippen LogP contribution in [-0.4, -0.2) is 29.2 Å². The minimum absolute atomic E-state index is 0.281. The summed E-state index contributed by atoms with van der Waals surface area (Å²) in [4.78, 5) is 6.83. The number of nitrogens with two attached hydrogens (primary N) is 1. The third-order valence-electron chi connectivity index (χ3n) is 3.90. The lowest BCUT2D eigenvalue weighted by atomic mass is 10.0. The fourth-order valence-corrected chi connectivity index (χ4v) is 2.89. The Bertz CT molecular complexity index is 585. The Morgan fingerprint density at radius 3 is 3.05 bits per heavy atom. The molecule has 2 aromatic rings. The maximum atomic E-state index is 9.71. The summed E-state index contributed by atoms with van der Waals surface area (Å²) >= 11 is 0. The van der Waals surface area contributed by atoms with Crippen molar-refractivity contribution in [2.24, 2.45) is 5.73 Å². The molecule has 1 aliphatic heterocycles. The molecule has 4 heteroatoms. The first-order chi connectivity index (χ1) is 9.29. The van der Waals surface area contributed by atoms with E-state index in [-0.39, 0.29) is 5.75 Å². The number of phenols is 1. The molecule has 0 aliphatic carbocycles. The van der Waals surface area contributed by atoms with Gasteiger partial charge in [0, 0.05) is 30.7 Å². The fourth-order valence-electron chi connectivity index (χ4n) is 2.89. The molecule has 3 N–H and O–H groups in total. The third-order valence-corrected chi connectivity index (χ3v) is 3.90. The number of pyridine rings is 1. The van der Waals surface area contributed by atoms with E-state index in [1.165, 1.54) is 12.8 Å². The number of piperidine rings is 1. The number of aromatic hydroxyl groups is 1. The van der Waals surface area contributed by atoms with Crippen LogP contribution in [0.1, 0.15) is 19.3 Å². The molecule has 1 aliphatic rings. The summed E-state index contributed by atoms with van der Waals surface area (Å²) in [6.45, 7) is 1.64. The minimum atomic E-state index is 0.281. The number of hydrogen-bond donors (Lipinski definition) is 2. The smallest absolute Gasteiger partial charge is 0.136 e. The van der Waals surface area contributed by atoms with Crippen molar-refractivity contribution in [1.82, 2.24) is 4.98 Å². The molecule has 1 unspecified atom stereocenters. The van der Waals surface area contributed by atoms with Crippen molar-refractivity contribution in [1.29, 1.82) is 0 Å². The highest BCUT2D eigenvalue weighted by atomic mass is 16.3. The van der Waals surface area contributed by atoms with Gasteiger partial charge in [-0.15, -0.1) is 0 Å². The Kier molecular flexibility index (Phi) is 3.25. The van der Waals surface area contributed by atoms with Gasteiger partial charge in [0.25, 0.3) is 0 Å². The number of benzene rings is 1. The van der Waals surface area contributed by atoms with Gasteiger partial charge < -0.3 is 15.7 Å². The first kappa shape index (κ1) is 12.2. The fraction of sp³-hybridized carbons (Fsp3) is 0.400. The van der Waals surface area contributed by atoms with Crippen LogP contribution in [0.4, 0.5) is 5.82 Å². The third kappa shape index (κ3) is 2.24. The highest BCUT2D eigenvalue weighted by molar-refractivity contribution is 5.93. The molecule has 1 fully saturated rings. The van der Waals surface area contributed by atoms with Gasteiger partial charge in [0.05, 0.1) is 0 Å². The average Bonchev–Trinajstić information content (AvgIpc) is 2.46. The van der Waals surface area contributed by atoms with E-state index in [0.29, 0.717) is 12.6 Å². The average molecular weight is 257 g/mol. The van der Waals surface area contributed by atoms with Crippen molar-refractivity contribution in [2.45, 2.75) is 25.3 Å². The molecule has 100 valence electrons. The molecule has 1 aromatic carbocycles. The van der Waals surface area contributed by atoms with Crippen molar-refractivity contribution < 1.29 is 5.11 Å². The van der Waals surface area contributed by atoms with E-state index in [1.807, 2.05) is 18.3 Å². The lowest BCUT2D eigenvalue weighted by Gasteiger charge is -2.36. The van der Waals surface area contributed by atoms with Crippen LogP contribution in [-0.2, 0) is 0 Å². The number of fused-ring (bicyclic) bond motifs is 1. The molecule has 3 rings (SSSR count). The summed E-state index contributed by atoms with van der Waals surface area (Å²) in [7, 11) is 0. The van der Waals surface area contributed by atoms with E-state index in [9.17, 15) is 5.11 Å². The van der Waals surface area contributed by atoms with Crippen LogP contribution in [0.15, 0.2) is 30.5 Å². The summed E-state index contributed by atoms with van der Waals surface area (Å²) in [6, 6.07) is 7.76. The van der Waals surface area contributed by atoms with E-state index in [2.05, 4.69) is 9.88 Å². The Hall–Kier alpha value is -1.81. The number of nitrogens with zero attached hydrogens (tertiary/aromatic N) is 2. The predicted molar refractivity (Wildman–Crippen MR) is 77.4 cm³/mol. The van der Waals surface area contributed by atoms with Crippen LogP contribution in [0, 0.1) is 0 Å². The van der Waals surface area contributed by atoms with Crippen LogP contribution in [0.25, 0.3) is 10.8 Å². The van der Waals surface area contributed by atoms with Gasteiger partial charge in [0.1, 0.15) is 11.6 Å². The van der Waals surface area contributed by atoms with Crippen LogP contribution in [0.3, 0.4) is 0 Å². The van der Waals surface area contributed by atoms with Gasteiger partial charge in [-0.25, -0.2) is 4.98 Å². The molecule has 1 atom stereocenters. The second kappa shape index (κ2) is 5.05. The second-order valence-corrected chi connectivity index (χ2v) is 5.12. The standard InChI is InChI=1S/C15H19N3O/c16-10-12-3-1-2-8-18(12)15-14-9-13(19)5-4-11(14)6-7-17-15/h4-7,9,12,19H,1-3,8,10,16H2. The summed E-state index contributed by atoms with van der Waals surface area (Å²) in [5, 5.41) is 11.8. The normalized spacial score (nSPS) is 19.8. The minimum Gasteiger partial charge on any atom is -0.508 e. The van der Waals surface area contributed by atoms with Crippen LogP contribution in [0.5, 0.6) is 5.75 Å². The van der Waals surface area contributed by atoms with Gasteiger partial charge in [-0.05, 0) is 42.8 Å². The van der Waals surface area contributed by atoms with Crippen molar-refractivity contribution in [3.05, 3.63) is 30.5 Å². The topological polar surface area (TPSA) is 62.4 Å². The SMILES string of the molecule is NCC1CCCCN1c1nccc2ccc(O)cc12. The molecule has 1 saturated heterocycles. The van der Waals surface area contributed by atoms with E-state index in [4.69, 9.17) is 5.73 Å². The maximum absolute atomic E-state index is 9.71. The van der Waals surface area contributed by atoms with Crippen LogP contribution >= 0.6 is 0 Å². The molecule has 0 saturated carbocycles. The molecule has 2 heterocycles. The first-order valence-corrected chi connectivity index (χ1v) is 6.84. The van der Waals surface area contributed by atoms with E-state index in [1.54, 1.807) is 12.1 Å². The predicted octanol–water partition coefficient (Wildman–Crippen LogP) is 2.26. The molecule has 4 nitrogen and oxygen atoms in total. The number of hydrogen-bond acceptors (Lipinski definition) is 4. The Balaban J connectivity index is 2.10. The molecule has 0 radical (unpaired) electrons. The van der Waals surface area contributed by atoms with Crippen molar-refractivity contribution in [2.75, 3.05) is 18.0 Å². The van der Waals surface area contributed by atoms with Gasteiger partial charge in [0.2, 0.25) is 0 Å². The Morgan fingerprint density at radius 1 is 1.32 bits per heavy atom. The molecule has 19 heavy (non-hydrogen) atoms. The van der Waals surface area contributed by atoms with Crippen molar-refractivity contribution in [3.8, 4) is 5.75 Å². The largest absolute Gasteiger partial charge is 0.508 e. The van der Waals surface area contributed by atoms with Crippen LogP contribution in [0.2, 0.25) is 0 Å². The monoisotopic (exact) mass is 257 g/mol. The second-order valence-electron chi connectivity index (χ2n) is 5.12. The molecule has 0 spiro atoms. The molecular formula is C15H19N3O. The van der Waals surface area contributed by atoms with E-state index < -0.39 is 0 Å². The quantitative estimate of drug-likeness (QED) is 0.866. The molecular weight excluding hydrogens is 238 g/mol. The number of anilines is 1. The summed E-state index contributed by atoms with van der Waals surface area (Å²) in [6.07, 6.45) is 5.35. The first-order valence-electron chi connectivity index (χ1n) is 6.84. The number of aromatic nitrogens is 1. The maximum Gasteiger partial charge on any atom is 0.136 e. The molecule has 0 bridgehead atoms. The Labute approximate surface area is 112 Å². The Morgan fingerprint density at radius 2 is 2.21 bits per heavy atom. The highest BCUT2D eigenvalue weighted by Gasteiger charge is 2.23. The lowest BCUT2D eigenvalue weighted by molar-refractivity contribution is 0.462. The van der Waals surface area contributed by atoms with Gasteiger partial charge >= 0.3 is 0 Å². The summed E-state index contributed by atoms with van der Waals surface area (Å²) in [5.74, 6) is 1.23. The zero-order valence-electron chi connectivity index (χ0n) is 10.9. The van der Waals surface area contributed by atoms with Gasteiger partial charge in [-0.1, -0.05) is 6.07 Å². The van der Waals surface area contributed by atoms with Crippen LogP contribution < -0.4 is 10.6 Å².